The summed E-state index contributed by atoms with van der Waals surface area (Å²) < 4.78 is 0. The summed E-state index contributed by atoms with van der Waals surface area (Å²) in [7, 11) is 0. The SMILES string of the molecule is O=C1CC(c2cccnc2)C2(CCN(C(=O)Cc3ccsc3)CC2)N1. The Morgan fingerprint density at radius 2 is 2.20 bits per heavy atom. The first-order valence-corrected chi connectivity index (χ1v) is 9.60. The van der Waals surface area contributed by atoms with Crippen molar-refractivity contribution in [1.29, 1.82) is 0 Å². The first-order chi connectivity index (χ1) is 12.2. The third kappa shape index (κ3) is 3.18. The van der Waals surface area contributed by atoms with E-state index < -0.39 is 0 Å². The quantitative estimate of drug-likeness (QED) is 0.919. The number of thiophene rings is 1. The molecular weight excluding hydrogens is 334 g/mol. The molecule has 0 radical (unpaired) electrons. The van der Waals surface area contributed by atoms with Crippen LogP contribution in [0.4, 0.5) is 0 Å². The van der Waals surface area contributed by atoms with Gasteiger partial charge in [-0.3, -0.25) is 14.6 Å². The van der Waals surface area contributed by atoms with Crippen LogP contribution in [0.25, 0.3) is 0 Å². The van der Waals surface area contributed by atoms with Gasteiger partial charge in [0.15, 0.2) is 0 Å². The number of likely N-dealkylation sites (tertiary alicyclic amines) is 1. The Labute approximate surface area is 151 Å². The van der Waals surface area contributed by atoms with E-state index in [0.717, 1.165) is 24.0 Å². The minimum absolute atomic E-state index is 0.104. The number of rotatable bonds is 3. The standard InChI is InChI=1S/C19H21N3O2S/c23-17-11-16(15-2-1-6-20-12-15)19(21-17)4-7-22(8-5-19)18(24)10-14-3-9-25-13-14/h1-3,6,9,12-13,16H,4-5,7-8,10-11H2,(H,21,23). The zero-order valence-corrected chi connectivity index (χ0v) is 14.8. The van der Waals surface area contributed by atoms with Crippen LogP contribution in [-0.2, 0) is 16.0 Å². The third-order valence-electron chi connectivity index (χ3n) is 5.48. The average molecular weight is 355 g/mol. The first-order valence-electron chi connectivity index (χ1n) is 8.66. The molecule has 0 aromatic carbocycles. The highest BCUT2D eigenvalue weighted by Crippen LogP contribution is 2.42. The van der Waals surface area contributed by atoms with Crippen LogP contribution in [0.5, 0.6) is 0 Å². The molecule has 2 aromatic heterocycles. The molecule has 1 spiro atoms. The molecule has 4 rings (SSSR count). The number of nitrogens with one attached hydrogen (secondary N) is 1. The number of amides is 2. The minimum Gasteiger partial charge on any atom is -0.350 e. The smallest absolute Gasteiger partial charge is 0.227 e. The highest BCUT2D eigenvalue weighted by molar-refractivity contribution is 7.08. The topological polar surface area (TPSA) is 62.3 Å². The monoisotopic (exact) mass is 355 g/mol. The molecule has 2 aromatic rings. The minimum atomic E-state index is -0.237. The number of carbonyl (C=O) groups is 2. The van der Waals surface area contributed by atoms with Crippen LogP contribution >= 0.6 is 11.3 Å². The molecule has 4 heterocycles. The second kappa shape index (κ2) is 6.59. The summed E-state index contributed by atoms with van der Waals surface area (Å²) in [4.78, 5) is 30.8. The number of hydrogen-bond acceptors (Lipinski definition) is 4. The summed E-state index contributed by atoms with van der Waals surface area (Å²) in [6.07, 6.45) is 6.19. The predicted molar refractivity (Wildman–Crippen MR) is 96.3 cm³/mol. The molecule has 6 heteroatoms. The van der Waals surface area contributed by atoms with E-state index in [2.05, 4.69) is 10.3 Å². The summed E-state index contributed by atoms with van der Waals surface area (Å²) in [5.41, 5.74) is 1.95. The van der Waals surface area contributed by atoms with Crippen molar-refractivity contribution in [2.45, 2.75) is 37.1 Å². The number of aromatic nitrogens is 1. The molecule has 1 atom stereocenters. The van der Waals surface area contributed by atoms with E-state index in [0.29, 0.717) is 25.9 Å². The van der Waals surface area contributed by atoms with E-state index >= 15 is 0 Å². The van der Waals surface area contributed by atoms with Crippen LogP contribution in [0.1, 0.15) is 36.3 Å². The fourth-order valence-electron chi connectivity index (χ4n) is 4.12. The van der Waals surface area contributed by atoms with Gasteiger partial charge in [0.2, 0.25) is 11.8 Å². The Morgan fingerprint density at radius 3 is 2.88 bits per heavy atom. The highest BCUT2D eigenvalue weighted by Gasteiger charge is 2.49. The molecule has 2 aliphatic rings. The molecule has 0 bridgehead atoms. The van der Waals surface area contributed by atoms with Crippen LogP contribution in [-0.4, -0.2) is 40.3 Å². The summed E-state index contributed by atoms with van der Waals surface area (Å²) in [6.45, 7) is 1.39. The van der Waals surface area contributed by atoms with Gasteiger partial charge in [0.1, 0.15) is 0 Å². The maximum absolute atomic E-state index is 12.5. The van der Waals surface area contributed by atoms with Crippen molar-refractivity contribution < 1.29 is 9.59 Å². The fourth-order valence-corrected chi connectivity index (χ4v) is 4.79. The third-order valence-corrected chi connectivity index (χ3v) is 6.21. The van der Waals surface area contributed by atoms with Gasteiger partial charge in [0.25, 0.3) is 0 Å². The first kappa shape index (κ1) is 16.3. The van der Waals surface area contributed by atoms with Crippen LogP contribution in [0.3, 0.4) is 0 Å². The molecule has 1 unspecified atom stereocenters. The lowest BCUT2D eigenvalue weighted by atomic mass is 9.74. The normalized spacial score (nSPS) is 22.2. The molecular formula is C19H21N3O2S. The number of pyridine rings is 1. The Bertz CT molecular complexity index is 752. The molecule has 2 saturated heterocycles. The molecule has 1 N–H and O–H groups in total. The molecule has 2 amide bonds. The lowest BCUT2D eigenvalue weighted by molar-refractivity contribution is -0.132. The van der Waals surface area contributed by atoms with Crippen LogP contribution in [0.15, 0.2) is 41.4 Å². The molecule has 25 heavy (non-hydrogen) atoms. The van der Waals surface area contributed by atoms with Crippen LogP contribution in [0, 0.1) is 0 Å². The van der Waals surface area contributed by atoms with Gasteiger partial charge in [-0.05, 0) is 46.9 Å². The molecule has 2 fully saturated rings. The van der Waals surface area contributed by atoms with Gasteiger partial charge in [0.05, 0.1) is 12.0 Å². The largest absolute Gasteiger partial charge is 0.350 e. The second-order valence-electron chi connectivity index (χ2n) is 6.94. The Balaban J connectivity index is 1.46. The average Bonchev–Trinajstić information content (AvgIpc) is 3.24. The van der Waals surface area contributed by atoms with Gasteiger partial charge in [-0.1, -0.05) is 6.07 Å². The van der Waals surface area contributed by atoms with Crippen LogP contribution in [0.2, 0.25) is 0 Å². The number of piperidine rings is 1. The Morgan fingerprint density at radius 1 is 1.36 bits per heavy atom. The van der Waals surface area contributed by atoms with E-state index in [1.807, 2.05) is 40.1 Å². The van der Waals surface area contributed by atoms with E-state index in [9.17, 15) is 9.59 Å². The molecule has 2 aliphatic heterocycles. The van der Waals surface area contributed by atoms with Gasteiger partial charge in [-0.15, -0.1) is 0 Å². The number of hydrogen-bond donors (Lipinski definition) is 1. The van der Waals surface area contributed by atoms with Crippen molar-refractivity contribution in [2.24, 2.45) is 0 Å². The van der Waals surface area contributed by atoms with Crippen molar-refractivity contribution in [3.8, 4) is 0 Å². The zero-order valence-electron chi connectivity index (χ0n) is 14.0. The summed E-state index contributed by atoms with van der Waals surface area (Å²) in [5, 5.41) is 7.25. The fraction of sp³-hybridized carbons (Fsp3) is 0.421. The van der Waals surface area contributed by atoms with Crippen LogP contribution < -0.4 is 5.32 Å². The van der Waals surface area contributed by atoms with Crippen molar-refractivity contribution in [3.63, 3.8) is 0 Å². The summed E-state index contributed by atoms with van der Waals surface area (Å²) >= 11 is 1.62. The Hall–Kier alpha value is -2.21. The lowest BCUT2D eigenvalue weighted by Crippen LogP contribution is -2.54. The van der Waals surface area contributed by atoms with Crippen molar-refractivity contribution in [2.75, 3.05) is 13.1 Å². The van der Waals surface area contributed by atoms with Crippen molar-refractivity contribution >= 4 is 23.2 Å². The maximum atomic E-state index is 12.5. The van der Waals surface area contributed by atoms with Gasteiger partial charge in [0, 0.05) is 37.8 Å². The van der Waals surface area contributed by atoms with E-state index in [4.69, 9.17) is 0 Å². The molecule has 5 nitrogen and oxygen atoms in total. The molecule has 0 saturated carbocycles. The van der Waals surface area contributed by atoms with Crippen molar-refractivity contribution in [3.05, 3.63) is 52.5 Å². The predicted octanol–water partition coefficient (Wildman–Crippen LogP) is 2.35. The lowest BCUT2D eigenvalue weighted by Gasteiger charge is -2.43. The van der Waals surface area contributed by atoms with Gasteiger partial charge < -0.3 is 10.2 Å². The summed E-state index contributed by atoms with van der Waals surface area (Å²) in [6, 6.07) is 5.97. The number of nitrogens with zero attached hydrogens (tertiary/aromatic N) is 2. The molecule has 0 aliphatic carbocycles. The van der Waals surface area contributed by atoms with Crippen molar-refractivity contribution in [1.82, 2.24) is 15.2 Å². The summed E-state index contributed by atoms with van der Waals surface area (Å²) in [5.74, 6) is 0.422. The molecule has 130 valence electrons. The maximum Gasteiger partial charge on any atom is 0.227 e. The van der Waals surface area contributed by atoms with E-state index in [1.54, 1.807) is 17.5 Å². The highest BCUT2D eigenvalue weighted by atomic mass is 32.1. The van der Waals surface area contributed by atoms with Gasteiger partial charge in [-0.2, -0.15) is 11.3 Å². The van der Waals surface area contributed by atoms with E-state index in [1.165, 1.54) is 0 Å². The van der Waals surface area contributed by atoms with Gasteiger partial charge in [-0.25, -0.2) is 0 Å². The second-order valence-corrected chi connectivity index (χ2v) is 7.72. The van der Waals surface area contributed by atoms with E-state index in [-0.39, 0.29) is 23.3 Å². The number of carbonyl (C=O) groups excluding carboxylic acids is 2. The van der Waals surface area contributed by atoms with Gasteiger partial charge >= 0.3 is 0 Å². The zero-order chi connectivity index (χ0) is 17.3. The Kier molecular flexibility index (Phi) is 4.29.